The molecule has 2 nitrogen and oxygen atoms in total. The average molecular weight is 335 g/mol. The molecule has 0 aromatic heterocycles. The summed E-state index contributed by atoms with van der Waals surface area (Å²) in [6.07, 6.45) is 0. The Morgan fingerprint density at radius 2 is 1.12 bits per heavy atom. The molecule has 0 fully saturated rings. The number of rotatable bonds is 4. The van der Waals surface area contributed by atoms with Gasteiger partial charge in [0.05, 0.1) is 5.57 Å². The molecule has 0 saturated carbocycles. The van der Waals surface area contributed by atoms with Crippen LogP contribution in [-0.2, 0) is 4.79 Å². The quantitative estimate of drug-likeness (QED) is 0.513. The molecule has 0 saturated heterocycles. The van der Waals surface area contributed by atoms with E-state index in [1.165, 1.54) is 0 Å². The smallest absolute Gasteiger partial charge is 0.336 e. The van der Waals surface area contributed by atoms with Crippen LogP contribution in [0.2, 0.25) is 5.02 Å². The maximum absolute atomic E-state index is 12.1. The number of hydrogen-bond donors (Lipinski definition) is 1. The van der Waals surface area contributed by atoms with E-state index in [2.05, 4.69) is 0 Å². The third kappa shape index (κ3) is 3.39. The van der Waals surface area contributed by atoms with Crippen molar-refractivity contribution in [2.75, 3.05) is 0 Å². The van der Waals surface area contributed by atoms with E-state index in [1.54, 1.807) is 12.1 Å². The lowest BCUT2D eigenvalue weighted by Gasteiger charge is -2.14. The van der Waals surface area contributed by atoms with E-state index in [-0.39, 0.29) is 5.57 Å². The minimum atomic E-state index is -0.963. The first-order valence-electron chi connectivity index (χ1n) is 7.51. The number of benzene rings is 3. The Balaban J connectivity index is 2.33. The molecule has 0 spiro atoms. The zero-order valence-electron chi connectivity index (χ0n) is 12.8. The van der Waals surface area contributed by atoms with Crippen molar-refractivity contribution in [1.82, 2.24) is 0 Å². The van der Waals surface area contributed by atoms with Gasteiger partial charge in [0.2, 0.25) is 0 Å². The highest BCUT2D eigenvalue weighted by molar-refractivity contribution is 6.30. The number of aliphatic carboxylic acids is 1. The maximum atomic E-state index is 12.1. The first kappa shape index (κ1) is 16.0. The van der Waals surface area contributed by atoms with Gasteiger partial charge in [-0.3, -0.25) is 0 Å². The summed E-state index contributed by atoms with van der Waals surface area (Å²) in [7, 11) is 0. The van der Waals surface area contributed by atoms with E-state index in [0.717, 1.165) is 11.1 Å². The number of carbonyl (C=O) groups is 1. The molecule has 0 bridgehead atoms. The van der Waals surface area contributed by atoms with Crippen LogP contribution in [0.15, 0.2) is 84.9 Å². The predicted octanol–water partition coefficient (Wildman–Crippen LogP) is 5.38. The fourth-order valence-corrected chi connectivity index (χ4v) is 2.78. The molecule has 0 unspecified atom stereocenters. The Labute approximate surface area is 145 Å². The van der Waals surface area contributed by atoms with Gasteiger partial charge < -0.3 is 5.11 Å². The molecule has 3 aromatic carbocycles. The van der Waals surface area contributed by atoms with Crippen LogP contribution in [0.3, 0.4) is 0 Å². The van der Waals surface area contributed by atoms with Crippen molar-refractivity contribution in [1.29, 1.82) is 0 Å². The summed E-state index contributed by atoms with van der Waals surface area (Å²) in [5.41, 5.74) is 3.27. The van der Waals surface area contributed by atoms with Crippen LogP contribution < -0.4 is 0 Å². The second kappa shape index (κ2) is 7.16. The topological polar surface area (TPSA) is 37.3 Å². The first-order valence-corrected chi connectivity index (χ1v) is 7.89. The van der Waals surface area contributed by atoms with Gasteiger partial charge in [-0.2, -0.15) is 0 Å². The van der Waals surface area contributed by atoms with Crippen molar-refractivity contribution in [2.45, 2.75) is 0 Å². The van der Waals surface area contributed by atoms with Gasteiger partial charge in [0.25, 0.3) is 0 Å². The van der Waals surface area contributed by atoms with E-state index in [4.69, 9.17) is 11.6 Å². The molecule has 0 radical (unpaired) electrons. The molecular weight excluding hydrogens is 320 g/mol. The van der Waals surface area contributed by atoms with E-state index >= 15 is 0 Å². The average Bonchev–Trinajstić information content (AvgIpc) is 2.62. The van der Waals surface area contributed by atoms with Crippen LogP contribution in [0.1, 0.15) is 16.7 Å². The Kier molecular flexibility index (Phi) is 4.78. The minimum absolute atomic E-state index is 0.268. The molecule has 3 rings (SSSR count). The van der Waals surface area contributed by atoms with Gasteiger partial charge in [0.15, 0.2) is 0 Å². The molecule has 0 aliphatic rings. The van der Waals surface area contributed by atoms with Crippen molar-refractivity contribution < 1.29 is 9.90 Å². The molecular formula is C21H15ClO2. The third-order valence-corrected chi connectivity index (χ3v) is 3.97. The van der Waals surface area contributed by atoms with Crippen LogP contribution in [0.4, 0.5) is 0 Å². The van der Waals surface area contributed by atoms with Gasteiger partial charge in [-0.15, -0.1) is 0 Å². The summed E-state index contributed by atoms with van der Waals surface area (Å²) in [5, 5.41) is 10.5. The van der Waals surface area contributed by atoms with Gasteiger partial charge in [-0.1, -0.05) is 84.4 Å². The number of hydrogen-bond acceptors (Lipinski definition) is 1. The van der Waals surface area contributed by atoms with Gasteiger partial charge in [-0.05, 0) is 28.8 Å². The fourth-order valence-electron chi connectivity index (χ4n) is 2.66. The van der Waals surface area contributed by atoms with Gasteiger partial charge in [0.1, 0.15) is 0 Å². The molecule has 0 heterocycles. The lowest BCUT2D eigenvalue weighted by Crippen LogP contribution is -2.05. The van der Waals surface area contributed by atoms with E-state index in [1.807, 2.05) is 72.8 Å². The van der Waals surface area contributed by atoms with Crippen molar-refractivity contribution in [3.63, 3.8) is 0 Å². The number of halogens is 1. The minimum Gasteiger partial charge on any atom is -0.478 e. The molecule has 1 N–H and O–H groups in total. The highest BCUT2D eigenvalue weighted by atomic mass is 35.5. The SMILES string of the molecule is O=C(O)/C(=C(/c1ccccc1)c1ccc(Cl)cc1)c1ccccc1. The molecule has 24 heavy (non-hydrogen) atoms. The second-order valence-corrected chi connectivity index (χ2v) is 5.73. The van der Waals surface area contributed by atoms with E-state index < -0.39 is 5.97 Å². The fraction of sp³-hybridized carbons (Fsp3) is 0. The summed E-state index contributed by atoms with van der Waals surface area (Å²) >= 11 is 5.99. The highest BCUT2D eigenvalue weighted by Gasteiger charge is 2.19. The van der Waals surface area contributed by atoms with Crippen LogP contribution in [0.25, 0.3) is 11.1 Å². The maximum Gasteiger partial charge on any atom is 0.336 e. The summed E-state index contributed by atoms with van der Waals surface area (Å²) < 4.78 is 0. The van der Waals surface area contributed by atoms with Crippen LogP contribution in [0.5, 0.6) is 0 Å². The van der Waals surface area contributed by atoms with Crippen LogP contribution in [0, 0.1) is 0 Å². The lowest BCUT2D eigenvalue weighted by molar-refractivity contribution is -0.130. The van der Waals surface area contributed by atoms with Crippen LogP contribution >= 0.6 is 11.6 Å². The van der Waals surface area contributed by atoms with Gasteiger partial charge >= 0.3 is 5.97 Å². The van der Waals surface area contributed by atoms with Crippen molar-refractivity contribution >= 4 is 28.7 Å². The standard InChI is InChI=1S/C21H15ClO2/c22-18-13-11-17(12-14-18)19(15-7-3-1-4-8-15)20(21(23)24)16-9-5-2-6-10-16/h1-14H,(H,23,24)/b20-19-. The Hall–Kier alpha value is -2.84. The van der Waals surface area contributed by atoms with E-state index in [9.17, 15) is 9.90 Å². The van der Waals surface area contributed by atoms with Gasteiger partial charge in [0, 0.05) is 10.6 Å². The van der Waals surface area contributed by atoms with Crippen LogP contribution in [-0.4, -0.2) is 11.1 Å². The normalized spacial score (nSPS) is 11.7. The summed E-state index contributed by atoms with van der Waals surface area (Å²) in [6, 6.07) is 25.9. The molecule has 0 aliphatic heterocycles. The summed E-state index contributed by atoms with van der Waals surface area (Å²) in [4.78, 5) is 12.1. The molecule has 0 amide bonds. The summed E-state index contributed by atoms with van der Waals surface area (Å²) in [6.45, 7) is 0. The number of carboxylic acids is 1. The Morgan fingerprint density at radius 1 is 0.667 bits per heavy atom. The van der Waals surface area contributed by atoms with E-state index in [0.29, 0.717) is 16.2 Å². The number of carboxylic acid groups (broad SMARTS) is 1. The van der Waals surface area contributed by atoms with Crippen molar-refractivity contribution in [3.05, 3.63) is 107 Å². The Morgan fingerprint density at radius 3 is 1.62 bits per heavy atom. The predicted molar refractivity (Wildman–Crippen MR) is 97.9 cm³/mol. The zero-order valence-corrected chi connectivity index (χ0v) is 13.6. The lowest BCUT2D eigenvalue weighted by atomic mass is 9.89. The monoisotopic (exact) mass is 334 g/mol. The van der Waals surface area contributed by atoms with Crippen molar-refractivity contribution in [2.24, 2.45) is 0 Å². The molecule has 3 heteroatoms. The first-order chi connectivity index (χ1) is 11.7. The molecule has 0 aliphatic carbocycles. The zero-order chi connectivity index (χ0) is 16.9. The Bertz CT molecular complexity index is 867. The van der Waals surface area contributed by atoms with Gasteiger partial charge in [-0.25, -0.2) is 4.79 Å². The van der Waals surface area contributed by atoms with Crippen molar-refractivity contribution in [3.8, 4) is 0 Å². The highest BCUT2D eigenvalue weighted by Crippen LogP contribution is 2.33. The summed E-state index contributed by atoms with van der Waals surface area (Å²) in [5.74, 6) is -0.963. The molecule has 3 aromatic rings. The third-order valence-electron chi connectivity index (χ3n) is 3.72. The molecule has 118 valence electrons. The second-order valence-electron chi connectivity index (χ2n) is 5.29. The molecule has 0 atom stereocenters. The largest absolute Gasteiger partial charge is 0.478 e.